The number of piperidine rings is 1. The molecule has 18 heavy (non-hydrogen) atoms. The largest absolute Gasteiger partial charge is 0.300 e. The van der Waals surface area contributed by atoms with Crippen molar-refractivity contribution in [1.29, 1.82) is 0 Å². The number of hydrogen-bond donors (Lipinski definition) is 0. The summed E-state index contributed by atoms with van der Waals surface area (Å²) >= 11 is 1.76. The highest BCUT2D eigenvalue weighted by Crippen LogP contribution is 2.38. The van der Waals surface area contributed by atoms with E-state index in [1.54, 1.807) is 11.3 Å². The normalized spacial score (nSPS) is 31.7. The number of carbonyl (C=O) groups is 1. The molecule has 0 spiro atoms. The number of rotatable bonds is 4. The first kappa shape index (κ1) is 12.4. The summed E-state index contributed by atoms with van der Waals surface area (Å²) in [4.78, 5) is 16.2. The number of carbonyl (C=O) groups excluding carboxylic acids is 1. The third-order valence-electron chi connectivity index (χ3n) is 4.75. The van der Waals surface area contributed by atoms with E-state index in [1.807, 2.05) is 0 Å². The summed E-state index contributed by atoms with van der Waals surface area (Å²) in [6.07, 6.45) is 6.50. The van der Waals surface area contributed by atoms with Gasteiger partial charge < -0.3 is 4.90 Å². The Morgan fingerprint density at radius 3 is 2.72 bits per heavy atom. The molecule has 98 valence electrons. The molecular formula is C15H21NOS. The average molecular weight is 263 g/mol. The van der Waals surface area contributed by atoms with Crippen molar-refractivity contribution in [3.05, 3.63) is 22.4 Å². The maximum absolute atomic E-state index is 12.3. The zero-order chi connectivity index (χ0) is 12.5. The van der Waals surface area contributed by atoms with Gasteiger partial charge in [-0.2, -0.15) is 0 Å². The Bertz CT molecular complexity index is 400. The number of fused-ring (bicyclic) bond motifs is 2. The fourth-order valence-electron chi connectivity index (χ4n) is 3.58. The van der Waals surface area contributed by atoms with Crippen molar-refractivity contribution in [2.45, 2.75) is 50.6 Å². The molecule has 0 aromatic carbocycles. The van der Waals surface area contributed by atoms with Crippen LogP contribution in [0.15, 0.2) is 17.5 Å². The molecule has 1 aromatic rings. The molecule has 3 rings (SSSR count). The number of thiophene rings is 1. The Labute approximate surface area is 113 Å². The molecule has 2 nitrogen and oxygen atoms in total. The smallest absolute Gasteiger partial charge is 0.136 e. The second-order valence-corrected chi connectivity index (χ2v) is 6.80. The van der Waals surface area contributed by atoms with Gasteiger partial charge in [-0.25, -0.2) is 0 Å². The van der Waals surface area contributed by atoms with Gasteiger partial charge in [0.15, 0.2) is 0 Å². The van der Waals surface area contributed by atoms with Crippen LogP contribution in [0.5, 0.6) is 0 Å². The van der Waals surface area contributed by atoms with Crippen molar-refractivity contribution < 1.29 is 4.79 Å². The zero-order valence-electron chi connectivity index (χ0n) is 11.0. The maximum atomic E-state index is 12.3. The molecule has 2 saturated heterocycles. The number of hydrogen-bond acceptors (Lipinski definition) is 3. The van der Waals surface area contributed by atoms with E-state index in [2.05, 4.69) is 29.5 Å². The Morgan fingerprint density at radius 2 is 2.11 bits per heavy atom. The van der Waals surface area contributed by atoms with Gasteiger partial charge in [-0.15, -0.1) is 11.3 Å². The molecule has 2 aliphatic rings. The highest BCUT2D eigenvalue weighted by atomic mass is 32.1. The van der Waals surface area contributed by atoms with Crippen LogP contribution in [0.25, 0.3) is 0 Å². The average Bonchev–Trinajstić information content (AvgIpc) is 2.93. The topological polar surface area (TPSA) is 20.3 Å². The molecule has 3 heterocycles. The van der Waals surface area contributed by atoms with Crippen LogP contribution in [0.2, 0.25) is 0 Å². The van der Waals surface area contributed by atoms with Gasteiger partial charge in [-0.05, 0) is 50.6 Å². The van der Waals surface area contributed by atoms with Crippen LogP contribution in [0, 0.1) is 5.92 Å². The number of aryl methyl sites for hydroxylation is 1. The van der Waals surface area contributed by atoms with Crippen molar-refractivity contribution in [1.82, 2.24) is 4.90 Å². The number of ketones is 1. The van der Waals surface area contributed by atoms with Gasteiger partial charge in [0.1, 0.15) is 5.78 Å². The molecule has 2 unspecified atom stereocenters. The quantitative estimate of drug-likeness (QED) is 0.832. The van der Waals surface area contributed by atoms with Crippen LogP contribution in [-0.4, -0.2) is 29.8 Å². The van der Waals surface area contributed by atoms with Crippen molar-refractivity contribution in [3.8, 4) is 0 Å². The van der Waals surface area contributed by atoms with Gasteiger partial charge in [-0.3, -0.25) is 4.79 Å². The molecule has 0 aliphatic carbocycles. The van der Waals surface area contributed by atoms with E-state index in [9.17, 15) is 4.79 Å². The molecule has 0 N–H and O–H groups in total. The summed E-state index contributed by atoms with van der Waals surface area (Å²) in [5.74, 6) is 0.854. The zero-order valence-corrected chi connectivity index (χ0v) is 11.8. The van der Waals surface area contributed by atoms with E-state index in [-0.39, 0.29) is 0 Å². The van der Waals surface area contributed by atoms with Gasteiger partial charge in [0.2, 0.25) is 0 Å². The molecule has 2 fully saturated rings. The summed E-state index contributed by atoms with van der Waals surface area (Å²) in [6, 6.07) is 5.56. The van der Waals surface area contributed by atoms with Crippen LogP contribution in [0.1, 0.15) is 37.0 Å². The van der Waals surface area contributed by atoms with Crippen LogP contribution < -0.4 is 0 Å². The minimum atomic E-state index is 0.346. The van der Waals surface area contributed by atoms with Crippen molar-refractivity contribution in [3.63, 3.8) is 0 Å². The molecule has 2 atom stereocenters. The fraction of sp³-hybridized carbons (Fsp3) is 0.667. The lowest BCUT2D eigenvalue weighted by molar-refractivity contribution is -0.125. The van der Waals surface area contributed by atoms with E-state index in [0.29, 0.717) is 23.8 Å². The van der Waals surface area contributed by atoms with E-state index in [4.69, 9.17) is 0 Å². The molecule has 2 bridgehead atoms. The molecule has 1 aromatic heterocycles. The highest BCUT2D eigenvalue weighted by Gasteiger charge is 2.40. The lowest BCUT2D eigenvalue weighted by Gasteiger charge is -2.35. The third kappa shape index (κ3) is 2.39. The van der Waals surface area contributed by atoms with Crippen LogP contribution in [0.4, 0.5) is 0 Å². The van der Waals surface area contributed by atoms with Crippen molar-refractivity contribution in [2.24, 2.45) is 5.92 Å². The molecule has 3 heteroatoms. The monoisotopic (exact) mass is 263 g/mol. The predicted molar refractivity (Wildman–Crippen MR) is 74.9 cm³/mol. The summed E-state index contributed by atoms with van der Waals surface area (Å²) < 4.78 is 0. The Kier molecular flexibility index (Phi) is 3.53. The lowest BCUT2D eigenvalue weighted by atomic mass is 9.86. The number of nitrogens with zero attached hydrogens (tertiary/aromatic N) is 1. The molecule has 2 aliphatic heterocycles. The molecule has 0 radical (unpaired) electrons. The van der Waals surface area contributed by atoms with Gasteiger partial charge in [0.25, 0.3) is 0 Å². The fourth-order valence-corrected chi connectivity index (χ4v) is 4.29. The molecule has 0 saturated carbocycles. The van der Waals surface area contributed by atoms with Crippen LogP contribution in [0.3, 0.4) is 0 Å². The summed E-state index contributed by atoms with van der Waals surface area (Å²) in [5, 5.41) is 2.09. The van der Waals surface area contributed by atoms with Gasteiger partial charge in [-0.1, -0.05) is 6.07 Å². The summed E-state index contributed by atoms with van der Waals surface area (Å²) in [6.45, 7) is 0. The van der Waals surface area contributed by atoms with Gasteiger partial charge in [0.05, 0.1) is 0 Å². The molecule has 0 amide bonds. The maximum Gasteiger partial charge on any atom is 0.136 e. The first-order valence-electron chi connectivity index (χ1n) is 7.01. The third-order valence-corrected chi connectivity index (χ3v) is 5.69. The minimum Gasteiger partial charge on any atom is -0.300 e. The van der Waals surface area contributed by atoms with E-state index in [0.717, 1.165) is 25.7 Å². The molecular weight excluding hydrogens is 242 g/mol. The Balaban J connectivity index is 1.54. The first-order valence-corrected chi connectivity index (χ1v) is 7.89. The van der Waals surface area contributed by atoms with E-state index < -0.39 is 0 Å². The predicted octanol–water partition coefficient (Wildman–Crippen LogP) is 3.12. The Hall–Kier alpha value is -0.670. The Morgan fingerprint density at radius 1 is 1.39 bits per heavy atom. The van der Waals surface area contributed by atoms with E-state index in [1.165, 1.54) is 17.7 Å². The number of Topliss-reactive ketones (excluding diaryl/α,β-unsaturated/α-hetero) is 1. The van der Waals surface area contributed by atoms with Gasteiger partial charge in [0, 0.05) is 29.3 Å². The van der Waals surface area contributed by atoms with Crippen LogP contribution >= 0.6 is 11.3 Å². The van der Waals surface area contributed by atoms with Crippen molar-refractivity contribution in [2.75, 3.05) is 7.05 Å². The second-order valence-electron chi connectivity index (χ2n) is 5.76. The van der Waals surface area contributed by atoms with Crippen molar-refractivity contribution >= 4 is 17.1 Å². The lowest BCUT2D eigenvalue weighted by Crippen LogP contribution is -2.42. The highest BCUT2D eigenvalue weighted by molar-refractivity contribution is 7.09. The summed E-state index contributed by atoms with van der Waals surface area (Å²) in [5.41, 5.74) is 0. The van der Waals surface area contributed by atoms with Gasteiger partial charge >= 0.3 is 0 Å². The second kappa shape index (κ2) is 5.14. The standard InChI is InChI=1S/C15H21NOS/c1-16-12-4-5-13(16)10-11(9-12)15(17)7-6-14-3-2-8-18-14/h2-3,8,11-13H,4-7,9-10H2,1H3. The SMILES string of the molecule is CN1C2CCC1CC(C(=O)CCc1cccs1)C2. The van der Waals surface area contributed by atoms with E-state index >= 15 is 0 Å². The first-order chi connectivity index (χ1) is 8.74. The summed E-state index contributed by atoms with van der Waals surface area (Å²) in [7, 11) is 2.23. The minimum absolute atomic E-state index is 0.346. The van der Waals surface area contributed by atoms with Crippen LogP contribution in [-0.2, 0) is 11.2 Å².